The van der Waals surface area contributed by atoms with Crippen molar-refractivity contribution >= 4 is 39.4 Å². The summed E-state index contributed by atoms with van der Waals surface area (Å²) in [6.07, 6.45) is -4.58. The molecule has 1 unspecified atom stereocenters. The first-order valence-electron chi connectivity index (χ1n) is 8.70. The molecule has 0 bridgehead atoms. The van der Waals surface area contributed by atoms with Crippen molar-refractivity contribution in [1.82, 2.24) is 4.98 Å². The van der Waals surface area contributed by atoms with Gasteiger partial charge in [0.2, 0.25) is 0 Å². The third-order valence-corrected chi connectivity index (χ3v) is 5.45. The van der Waals surface area contributed by atoms with E-state index in [1.165, 1.54) is 17.8 Å². The van der Waals surface area contributed by atoms with Crippen LogP contribution in [0.3, 0.4) is 0 Å². The molecule has 154 valence electrons. The average molecular weight is 433 g/mol. The molecule has 10 heteroatoms. The van der Waals surface area contributed by atoms with Crippen LogP contribution in [0.1, 0.15) is 11.3 Å². The number of aromatic nitrogens is 1. The zero-order valence-corrected chi connectivity index (χ0v) is 16.0. The molecule has 2 aromatic carbocycles. The summed E-state index contributed by atoms with van der Waals surface area (Å²) in [5, 5.41) is 10.3. The first kappa shape index (κ1) is 20.0. The molecule has 4 rings (SSSR count). The molecule has 0 aliphatic carbocycles. The Morgan fingerprint density at radius 1 is 1.13 bits per heavy atom. The number of hydrogen-bond acceptors (Lipinski definition) is 6. The van der Waals surface area contributed by atoms with Gasteiger partial charge in [-0.1, -0.05) is 6.07 Å². The van der Waals surface area contributed by atoms with Gasteiger partial charge in [-0.25, -0.2) is 9.78 Å². The van der Waals surface area contributed by atoms with E-state index in [1.54, 1.807) is 30.3 Å². The van der Waals surface area contributed by atoms with Crippen LogP contribution < -0.4 is 10.5 Å². The zero-order chi connectivity index (χ0) is 21.5. The molecule has 1 atom stereocenters. The maximum absolute atomic E-state index is 13.0. The molecule has 0 spiro atoms. The van der Waals surface area contributed by atoms with Crippen molar-refractivity contribution in [3.8, 4) is 11.5 Å². The van der Waals surface area contributed by atoms with E-state index in [0.717, 1.165) is 12.1 Å². The number of carboxylic acid groups (broad SMARTS) is 1. The number of aliphatic carboxylic acids is 1. The Hall–Kier alpha value is -3.27. The predicted octanol–water partition coefficient (Wildman–Crippen LogP) is 4.57. The summed E-state index contributed by atoms with van der Waals surface area (Å²) in [5.41, 5.74) is 5.27. The van der Waals surface area contributed by atoms with Crippen molar-refractivity contribution in [3.63, 3.8) is 0 Å². The Balaban J connectivity index is 1.59. The summed E-state index contributed by atoms with van der Waals surface area (Å²) in [4.78, 5) is 19.7. The molecule has 0 radical (unpaired) electrons. The lowest BCUT2D eigenvalue weighted by atomic mass is 10.1. The van der Waals surface area contributed by atoms with E-state index < -0.39 is 23.8 Å². The van der Waals surface area contributed by atoms with E-state index in [2.05, 4.69) is 9.98 Å². The number of pyridine rings is 1. The molecule has 1 aromatic heterocycles. The Morgan fingerprint density at radius 3 is 2.57 bits per heavy atom. The maximum Gasteiger partial charge on any atom is 0.418 e. The molecule has 3 aromatic rings. The minimum atomic E-state index is -4.58. The number of ether oxygens (including phenoxy) is 1. The van der Waals surface area contributed by atoms with Gasteiger partial charge in [-0.3, -0.25) is 4.99 Å². The van der Waals surface area contributed by atoms with Crippen molar-refractivity contribution in [2.45, 2.75) is 12.2 Å². The second-order valence-electron chi connectivity index (χ2n) is 6.50. The molecule has 0 amide bonds. The lowest BCUT2D eigenvalue weighted by Gasteiger charge is -2.13. The fourth-order valence-electron chi connectivity index (χ4n) is 2.91. The van der Waals surface area contributed by atoms with Crippen LogP contribution in [0.4, 0.5) is 18.9 Å². The van der Waals surface area contributed by atoms with Crippen LogP contribution in [0, 0.1) is 0 Å². The Morgan fingerprint density at radius 2 is 1.87 bits per heavy atom. The van der Waals surface area contributed by atoms with Crippen LogP contribution in [0.2, 0.25) is 0 Å². The van der Waals surface area contributed by atoms with E-state index in [9.17, 15) is 18.0 Å². The van der Waals surface area contributed by atoms with Crippen molar-refractivity contribution in [1.29, 1.82) is 0 Å². The van der Waals surface area contributed by atoms with Gasteiger partial charge >= 0.3 is 12.1 Å². The average Bonchev–Trinajstić information content (AvgIpc) is 3.19. The molecule has 2 heterocycles. The summed E-state index contributed by atoms with van der Waals surface area (Å²) in [5.74, 6) is -0.264. The van der Waals surface area contributed by atoms with Gasteiger partial charge in [0, 0.05) is 16.8 Å². The summed E-state index contributed by atoms with van der Waals surface area (Å²) in [6.45, 7) is 0. The van der Waals surface area contributed by atoms with E-state index >= 15 is 0 Å². The van der Waals surface area contributed by atoms with Crippen LogP contribution >= 0.6 is 11.8 Å². The number of rotatable bonds is 4. The molecule has 3 N–H and O–H groups in total. The van der Waals surface area contributed by atoms with Gasteiger partial charge < -0.3 is 15.6 Å². The third kappa shape index (κ3) is 4.04. The lowest BCUT2D eigenvalue weighted by Crippen LogP contribution is -2.17. The van der Waals surface area contributed by atoms with Crippen molar-refractivity contribution < 1.29 is 27.8 Å². The minimum Gasteiger partial charge on any atom is -0.480 e. The molecule has 6 nitrogen and oxygen atoms in total. The number of nitrogen functional groups attached to an aromatic ring is 1. The van der Waals surface area contributed by atoms with Crippen LogP contribution in [-0.2, 0) is 11.0 Å². The first-order chi connectivity index (χ1) is 14.2. The highest BCUT2D eigenvalue weighted by atomic mass is 32.2. The van der Waals surface area contributed by atoms with Gasteiger partial charge in [0.05, 0.1) is 16.8 Å². The van der Waals surface area contributed by atoms with Crippen LogP contribution in [0.15, 0.2) is 53.5 Å². The van der Waals surface area contributed by atoms with Gasteiger partial charge in [0.1, 0.15) is 16.5 Å². The van der Waals surface area contributed by atoms with Crippen molar-refractivity contribution in [2.75, 3.05) is 11.5 Å². The monoisotopic (exact) mass is 433 g/mol. The van der Waals surface area contributed by atoms with Gasteiger partial charge in [-0.2, -0.15) is 13.2 Å². The normalized spacial score (nSPS) is 16.5. The van der Waals surface area contributed by atoms with Crippen molar-refractivity contribution in [2.24, 2.45) is 4.99 Å². The van der Waals surface area contributed by atoms with Crippen LogP contribution in [0.25, 0.3) is 10.9 Å². The molecular weight excluding hydrogens is 419 g/mol. The number of carbonyl (C=O) groups is 1. The zero-order valence-electron chi connectivity index (χ0n) is 15.2. The molecule has 0 fully saturated rings. The summed E-state index contributed by atoms with van der Waals surface area (Å²) in [6, 6.07) is 11.0. The number of aliphatic imine (C=N–C) groups is 1. The van der Waals surface area contributed by atoms with E-state index in [4.69, 9.17) is 15.6 Å². The number of nitrogens with two attached hydrogens (primary N) is 1. The number of halogens is 3. The van der Waals surface area contributed by atoms with Crippen LogP contribution in [0.5, 0.6) is 11.5 Å². The van der Waals surface area contributed by atoms with E-state index in [1.807, 2.05) is 0 Å². The Bertz CT molecular complexity index is 1180. The SMILES string of the molecule is Nc1ccc(Oc2ccc3nc(C4=NC(C(=O)O)CS4)ccc3c2)cc1C(F)(F)F. The summed E-state index contributed by atoms with van der Waals surface area (Å²) in [7, 11) is 0. The maximum atomic E-state index is 13.0. The number of alkyl halides is 3. The van der Waals surface area contributed by atoms with Gasteiger partial charge in [-0.15, -0.1) is 11.8 Å². The lowest BCUT2D eigenvalue weighted by molar-refractivity contribution is -0.138. The Kier molecular flexibility index (Phi) is 5.02. The number of carboxylic acids is 1. The second-order valence-corrected chi connectivity index (χ2v) is 7.51. The number of hydrogen-bond donors (Lipinski definition) is 2. The van der Waals surface area contributed by atoms with Crippen molar-refractivity contribution in [3.05, 3.63) is 59.8 Å². The van der Waals surface area contributed by atoms with Gasteiger partial charge in [0.25, 0.3) is 0 Å². The number of nitrogens with zero attached hydrogens (tertiary/aromatic N) is 2. The highest BCUT2D eigenvalue weighted by molar-refractivity contribution is 8.14. The first-order valence-corrected chi connectivity index (χ1v) is 9.68. The summed E-state index contributed by atoms with van der Waals surface area (Å²) < 4.78 is 44.6. The Labute approximate surface area is 172 Å². The van der Waals surface area contributed by atoms with Gasteiger partial charge in [-0.05, 0) is 42.5 Å². The highest BCUT2D eigenvalue weighted by Gasteiger charge is 2.33. The van der Waals surface area contributed by atoms with Gasteiger partial charge in [0.15, 0.2) is 6.04 Å². The minimum absolute atomic E-state index is 0.0110. The fourth-order valence-corrected chi connectivity index (χ4v) is 3.90. The van der Waals surface area contributed by atoms with Crippen LogP contribution in [-0.4, -0.2) is 32.9 Å². The molecule has 0 saturated heterocycles. The largest absolute Gasteiger partial charge is 0.480 e. The standard InChI is InChI=1S/C20H14F3N3O3S/c21-20(22,23)13-8-12(2-4-14(13)24)29-11-3-6-15-10(7-11)1-5-16(25-15)18-26-17(9-30-18)19(27)28/h1-8,17H,9,24H2,(H,27,28). The van der Waals surface area contributed by atoms with E-state index in [0.29, 0.717) is 33.1 Å². The molecule has 0 saturated carbocycles. The molecule has 1 aliphatic heterocycles. The second kappa shape index (κ2) is 7.52. The third-order valence-electron chi connectivity index (χ3n) is 4.38. The topological polar surface area (TPSA) is 97.8 Å². The number of fused-ring (bicyclic) bond motifs is 1. The highest BCUT2D eigenvalue weighted by Crippen LogP contribution is 2.37. The predicted molar refractivity (Wildman–Crippen MR) is 108 cm³/mol. The molecular formula is C20H14F3N3O3S. The summed E-state index contributed by atoms with van der Waals surface area (Å²) >= 11 is 1.33. The molecule has 1 aliphatic rings. The number of benzene rings is 2. The molecule has 30 heavy (non-hydrogen) atoms. The fraction of sp³-hybridized carbons (Fsp3) is 0.150. The smallest absolute Gasteiger partial charge is 0.418 e. The number of thioether (sulfide) groups is 1. The van der Waals surface area contributed by atoms with E-state index in [-0.39, 0.29) is 11.4 Å². The number of anilines is 1. The quantitative estimate of drug-likeness (QED) is 0.585.